The van der Waals surface area contributed by atoms with E-state index < -0.39 is 17.6 Å². The molecule has 4 rings (SSSR count). The van der Waals surface area contributed by atoms with Crippen LogP contribution in [0.1, 0.15) is 35.2 Å². The van der Waals surface area contributed by atoms with Gasteiger partial charge in [0.25, 0.3) is 5.91 Å². The molecular formula is C22H23F3N5O+. The smallest absolute Gasteiger partial charge is 0.398 e. The van der Waals surface area contributed by atoms with E-state index >= 15 is 0 Å². The lowest BCUT2D eigenvalue weighted by Crippen LogP contribution is -2.29. The Hall–Kier alpha value is -3.49. The number of anilines is 3. The Morgan fingerprint density at radius 3 is 2.61 bits per heavy atom. The molecule has 1 fully saturated rings. The molecule has 2 aromatic carbocycles. The number of nitrogens with zero attached hydrogens (tertiary/aromatic N) is 2. The first kappa shape index (κ1) is 20.8. The third kappa shape index (κ3) is 4.65. The number of carbonyl (C=O) groups excluding carboxylic acids is 1. The number of H-pyrrole nitrogens is 1. The van der Waals surface area contributed by atoms with Gasteiger partial charge in [-0.05, 0) is 55.7 Å². The number of rotatable bonds is 4. The number of halogens is 3. The van der Waals surface area contributed by atoms with E-state index in [2.05, 4.69) is 15.2 Å². The van der Waals surface area contributed by atoms with E-state index in [-0.39, 0.29) is 0 Å². The molecule has 31 heavy (non-hydrogen) atoms. The highest BCUT2D eigenvalue weighted by molar-refractivity contribution is 6.07. The second-order valence-corrected chi connectivity index (χ2v) is 7.54. The zero-order chi connectivity index (χ0) is 22.0. The van der Waals surface area contributed by atoms with Crippen LogP contribution in [0.4, 0.5) is 30.4 Å². The van der Waals surface area contributed by atoms with Gasteiger partial charge < -0.3 is 10.6 Å². The number of nitrogens with one attached hydrogen (secondary N) is 2. The van der Waals surface area contributed by atoms with Gasteiger partial charge >= 0.3 is 6.18 Å². The fraction of sp³-hybridized carbons (Fsp3) is 0.273. The van der Waals surface area contributed by atoms with Crippen molar-refractivity contribution in [3.63, 3.8) is 0 Å². The molecule has 0 bridgehead atoms. The quantitative estimate of drug-likeness (QED) is 0.430. The SMILES string of the molecule is Nc1ccc(N2CCCCC2)cc1C(=O)Nc1c[n+](-c2cccc(C(F)(F)F)c2)c[nH]1. The first-order valence-corrected chi connectivity index (χ1v) is 10.0. The van der Waals surface area contributed by atoms with Crippen LogP contribution in [-0.4, -0.2) is 24.0 Å². The number of benzene rings is 2. The Morgan fingerprint density at radius 1 is 1.10 bits per heavy atom. The van der Waals surface area contributed by atoms with Crippen LogP contribution >= 0.6 is 0 Å². The van der Waals surface area contributed by atoms with Crippen LogP contribution in [0.3, 0.4) is 0 Å². The second-order valence-electron chi connectivity index (χ2n) is 7.54. The fourth-order valence-corrected chi connectivity index (χ4v) is 3.69. The monoisotopic (exact) mass is 430 g/mol. The molecule has 4 N–H and O–H groups in total. The van der Waals surface area contributed by atoms with Crippen LogP contribution in [-0.2, 0) is 6.18 Å². The van der Waals surface area contributed by atoms with E-state index in [9.17, 15) is 18.0 Å². The molecule has 0 atom stereocenters. The van der Waals surface area contributed by atoms with E-state index in [1.165, 1.54) is 29.6 Å². The molecular weight excluding hydrogens is 407 g/mol. The summed E-state index contributed by atoms with van der Waals surface area (Å²) in [6, 6.07) is 10.3. The van der Waals surface area contributed by atoms with Crippen LogP contribution in [0, 0.1) is 0 Å². The molecule has 6 nitrogen and oxygen atoms in total. The zero-order valence-corrected chi connectivity index (χ0v) is 16.7. The van der Waals surface area contributed by atoms with E-state index in [0.29, 0.717) is 22.8 Å². The average molecular weight is 430 g/mol. The summed E-state index contributed by atoms with van der Waals surface area (Å²) >= 11 is 0. The molecule has 0 unspecified atom stereocenters. The van der Waals surface area contributed by atoms with Crippen LogP contribution in [0.15, 0.2) is 55.0 Å². The number of nitrogens with two attached hydrogens (primary N) is 1. The number of amides is 1. The standard InChI is InChI=1S/C22H22F3N5O/c23-22(24,25)15-5-4-6-16(11-15)30-13-20(27-14-30)28-21(31)18-12-17(7-8-19(18)26)29-9-2-1-3-10-29/h4-8,11-14H,1-3,9-10H2,(H3,26,28,31)/p+1. The van der Waals surface area contributed by atoms with Crippen LogP contribution < -0.4 is 20.5 Å². The lowest BCUT2D eigenvalue weighted by Gasteiger charge is -2.29. The number of nitrogen functional groups attached to an aromatic ring is 1. The van der Waals surface area contributed by atoms with Crippen LogP contribution in [0.25, 0.3) is 5.69 Å². The maximum Gasteiger partial charge on any atom is 0.416 e. The van der Waals surface area contributed by atoms with E-state index in [0.717, 1.165) is 43.8 Å². The van der Waals surface area contributed by atoms with Crippen molar-refractivity contribution >= 4 is 23.1 Å². The number of piperidine rings is 1. The largest absolute Gasteiger partial charge is 0.416 e. The molecule has 1 saturated heterocycles. The van der Waals surface area contributed by atoms with E-state index in [1.807, 2.05) is 6.07 Å². The number of aromatic nitrogens is 2. The molecule has 0 saturated carbocycles. The summed E-state index contributed by atoms with van der Waals surface area (Å²) in [5.74, 6) is -0.0559. The van der Waals surface area contributed by atoms with Crippen LogP contribution in [0.5, 0.6) is 0 Å². The Morgan fingerprint density at radius 2 is 1.87 bits per heavy atom. The summed E-state index contributed by atoms with van der Waals surface area (Å²) in [6.45, 7) is 1.89. The maximum absolute atomic E-state index is 13.0. The van der Waals surface area contributed by atoms with Gasteiger partial charge in [-0.2, -0.15) is 13.2 Å². The van der Waals surface area contributed by atoms with Crippen molar-refractivity contribution in [1.82, 2.24) is 4.98 Å². The average Bonchev–Trinajstić information content (AvgIpc) is 3.22. The van der Waals surface area contributed by atoms with Crippen molar-refractivity contribution in [1.29, 1.82) is 0 Å². The third-order valence-corrected chi connectivity index (χ3v) is 5.35. The van der Waals surface area contributed by atoms with Gasteiger partial charge in [0, 0.05) is 24.5 Å². The van der Waals surface area contributed by atoms with Gasteiger partial charge in [-0.1, -0.05) is 6.07 Å². The maximum atomic E-state index is 13.0. The fourth-order valence-electron chi connectivity index (χ4n) is 3.69. The Balaban J connectivity index is 1.52. The normalized spacial score (nSPS) is 14.5. The van der Waals surface area contributed by atoms with Gasteiger partial charge in [-0.15, -0.1) is 0 Å². The zero-order valence-electron chi connectivity index (χ0n) is 16.7. The van der Waals surface area contributed by atoms with Crippen molar-refractivity contribution in [2.75, 3.05) is 29.0 Å². The number of carbonyl (C=O) groups is 1. The van der Waals surface area contributed by atoms with Gasteiger partial charge in [-0.25, -0.2) is 9.55 Å². The molecule has 162 valence electrons. The first-order valence-electron chi connectivity index (χ1n) is 10.0. The Bertz CT molecular complexity index is 1090. The Kier molecular flexibility index (Phi) is 5.58. The molecule has 1 aliphatic heterocycles. The van der Waals surface area contributed by atoms with E-state index in [4.69, 9.17) is 5.73 Å². The predicted molar refractivity (Wildman–Crippen MR) is 112 cm³/mol. The summed E-state index contributed by atoms with van der Waals surface area (Å²) in [7, 11) is 0. The van der Waals surface area contributed by atoms with Crippen molar-refractivity contribution < 1.29 is 22.5 Å². The van der Waals surface area contributed by atoms with Crippen molar-refractivity contribution in [2.24, 2.45) is 0 Å². The molecule has 1 aliphatic rings. The molecule has 9 heteroatoms. The highest BCUT2D eigenvalue weighted by Crippen LogP contribution is 2.29. The minimum Gasteiger partial charge on any atom is -0.398 e. The molecule has 1 amide bonds. The van der Waals surface area contributed by atoms with Crippen molar-refractivity contribution in [3.8, 4) is 5.69 Å². The minimum atomic E-state index is -4.43. The number of aromatic amines is 1. The second kappa shape index (κ2) is 8.33. The summed E-state index contributed by atoms with van der Waals surface area (Å²) in [4.78, 5) is 17.9. The summed E-state index contributed by atoms with van der Waals surface area (Å²) < 4.78 is 40.4. The predicted octanol–water partition coefficient (Wildman–Crippen LogP) is 4.14. The minimum absolute atomic E-state index is 0.318. The Labute approximate surface area is 177 Å². The van der Waals surface area contributed by atoms with Gasteiger partial charge in [0.2, 0.25) is 12.1 Å². The number of imidazole rings is 1. The van der Waals surface area contributed by atoms with Crippen molar-refractivity contribution in [3.05, 3.63) is 66.1 Å². The highest BCUT2D eigenvalue weighted by atomic mass is 19.4. The molecule has 1 aromatic heterocycles. The molecule has 0 radical (unpaired) electrons. The van der Waals surface area contributed by atoms with Gasteiger partial charge in [0.1, 0.15) is 5.69 Å². The third-order valence-electron chi connectivity index (χ3n) is 5.35. The molecule has 2 heterocycles. The summed E-state index contributed by atoms with van der Waals surface area (Å²) in [6.07, 6.45) is 1.99. The van der Waals surface area contributed by atoms with E-state index in [1.54, 1.807) is 18.2 Å². The topological polar surface area (TPSA) is 78.0 Å². The van der Waals surface area contributed by atoms with Gasteiger partial charge in [0.05, 0.1) is 11.1 Å². The lowest BCUT2D eigenvalue weighted by atomic mass is 10.1. The first-order chi connectivity index (χ1) is 14.8. The number of hydrogen-bond donors (Lipinski definition) is 3. The highest BCUT2D eigenvalue weighted by Gasteiger charge is 2.31. The van der Waals surface area contributed by atoms with Crippen LogP contribution in [0.2, 0.25) is 0 Å². The van der Waals surface area contributed by atoms with Crippen molar-refractivity contribution in [2.45, 2.75) is 25.4 Å². The molecule has 3 aromatic rings. The van der Waals surface area contributed by atoms with Gasteiger partial charge in [-0.3, -0.25) is 10.1 Å². The number of alkyl halides is 3. The molecule has 0 spiro atoms. The molecule has 0 aliphatic carbocycles. The number of hydrogen-bond acceptors (Lipinski definition) is 3. The summed E-state index contributed by atoms with van der Waals surface area (Å²) in [5.41, 5.74) is 7.26. The lowest BCUT2D eigenvalue weighted by molar-refractivity contribution is -0.593. The summed E-state index contributed by atoms with van der Waals surface area (Å²) in [5, 5.41) is 2.73. The van der Waals surface area contributed by atoms with Gasteiger partial charge in [0.15, 0.2) is 6.20 Å².